The maximum atomic E-state index is 11.7. The van der Waals surface area contributed by atoms with Crippen LogP contribution in [0, 0.1) is 23.2 Å². The fourth-order valence-corrected chi connectivity index (χ4v) is 4.38. The molecule has 17 heavy (non-hydrogen) atoms. The number of ether oxygens (including phenoxy) is 1. The fourth-order valence-electron chi connectivity index (χ4n) is 4.38. The lowest BCUT2D eigenvalue weighted by molar-refractivity contribution is -0.145. The molecule has 1 aliphatic heterocycles. The summed E-state index contributed by atoms with van der Waals surface area (Å²) in [6.07, 6.45) is 6.06. The Morgan fingerprint density at radius 1 is 1.47 bits per heavy atom. The van der Waals surface area contributed by atoms with E-state index in [1.165, 1.54) is 24.8 Å². The van der Waals surface area contributed by atoms with E-state index in [1.807, 2.05) is 6.92 Å². The van der Waals surface area contributed by atoms with E-state index in [2.05, 4.69) is 13.5 Å². The minimum Gasteiger partial charge on any atom is -0.462 e. The van der Waals surface area contributed by atoms with Gasteiger partial charge in [0.1, 0.15) is 6.10 Å². The molecule has 3 aliphatic rings. The molecule has 2 aliphatic carbocycles. The van der Waals surface area contributed by atoms with Crippen molar-refractivity contribution in [2.45, 2.75) is 52.1 Å². The molecule has 94 valence electrons. The quantitative estimate of drug-likeness (QED) is 0.475. The lowest BCUT2D eigenvalue weighted by atomic mass is 9.55. The monoisotopic (exact) mass is 234 g/mol. The van der Waals surface area contributed by atoms with Crippen LogP contribution in [0.15, 0.2) is 12.2 Å². The number of carbonyl (C=O) groups is 1. The fraction of sp³-hybridized carbons (Fsp3) is 0.800. The first kappa shape index (κ1) is 11.3. The third-order valence-corrected chi connectivity index (χ3v) is 5.51. The van der Waals surface area contributed by atoms with Gasteiger partial charge in [0.15, 0.2) is 0 Å². The van der Waals surface area contributed by atoms with Gasteiger partial charge in [0.05, 0.1) is 5.92 Å². The van der Waals surface area contributed by atoms with Crippen molar-refractivity contribution >= 4 is 5.97 Å². The Morgan fingerprint density at radius 3 is 3.00 bits per heavy atom. The standard InChI is InChI=1S/C15H22O2/c1-9-5-4-6-15(3)8-13-11(7-12(9)15)10(2)14(16)17-13/h10-13H,1,4-8H2,2-3H3/t10-,11-,12+,13-,15-/m1/s1. The number of fused-ring (bicyclic) bond motifs is 2. The summed E-state index contributed by atoms with van der Waals surface area (Å²) in [6.45, 7) is 8.68. The Bertz CT molecular complexity index is 373. The van der Waals surface area contributed by atoms with Gasteiger partial charge in [-0.3, -0.25) is 4.79 Å². The molecule has 2 saturated carbocycles. The second-order valence-corrected chi connectivity index (χ2v) is 6.59. The second-order valence-electron chi connectivity index (χ2n) is 6.59. The van der Waals surface area contributed by atoms with Gasteiger partial charge < -0.3 is 4.74 Å². The van der Waals surface area contributed by atoms with E-state index in [-0.39, 0.29) is 18.0 Å². The van der Waals surface area contributed by atoms with E-state index >= 15 is 0 Å². The number of rotatable bonds is 0. The molecule has 0 N–H and O–H groups in total. The van der Waals surface area contributed by atoms with Gasteiger partial charge in [-0.1, -0.05) is 26.0 Å². The SMILES string of the molecule is C=C1CCC[C@]2(C)C[C@H]3OC(=O)[C@H](C)[C@H]3C[C@@H]12. The number of carbonyl (C=O) groups excluding carboxylic acids is 1. The van der Waals surface area contributed by atoms with Crippen molar-refractivity contribution < 1.29 is 9.53 Å². The molecular formula is C15H22O2. The molecule has 2 heteroatoms. The van der Waals surface area contributed by atoms with Crippen molar-refractivity contribution in [3.8, 4) is 0 Å². The summed E-state index contributed by atoms with van der Waals surface area (Å²) in [5.41, 5.74) is 1.75. The molecule has 0 amide bonds. The number of hydrogen-bond acceptors (Lipinski definition) is 2. The molecule has 3 fully saturated rings. The number of hydrogen-bond donors (Lipinski definition) is 0. The summed E-state index contributed by atoms with van der Waals surface area (Å²) in [5.74, 6) is 1.18. The Labute approximate surface area is 103 Å². The Balaban J connectivity index is 1.88. The maximum absolute atomic E-state index is 11.7. The smallest absolute Gasteiger partial charge is 0.309 e. The third-order valence-electron chi connectivity index (χ3n) is 5.51. The van der Waals surface area contributed by atoms with Crippen LogP contribution in [0.3, 0.4) is 0 Å². The lowest BCUT2D eigenvalue weighted by Crippen LogP contribution is -2.44. The minimum atomic E-state index is 0.0212. The Morgan fingerprint density at radius 2 is 2.24 bits per heavy atom. The highest BCUT2D eigenvalue weighted by molar-refractivity contribution is 5.75. The van der Waals surface area contributed by atoms with Crippen molar-refractivity contribution in [2.24, 2.45) is 23.2 Å². The van der Waals surface area contributed by atoms with Crippen LogP contribution < -0.4 is 0 Å². The van der Waals surface area contributed by atoms with E-state index in [9.17, 15) is 4.79 Å². The van der Waals surface area contributed by atoms with Crippen LogP contribution in [0.2, 0.25) is 0 Å². The van der Waals surface area contributed by atoms with Gasteiger partial charge in [0.25, 0.3) is 0 Å². The van der Waals surface area contributed by atoms with Gasteiger partial charge in [0, 0.05) is 5.92 Å². The first-order chi connectivity index (χ1) is 8.01. The highest BCUT2D eigenvalue weighted by atomic mass is 16.6. The molecule has 2 nitrogen and oxygen atoms in total. The molecule has 0 radical (unpaired) electrons. The molecule has 1 saturated heterocycles. The predicted molar refractivity (Wildman–Crippen MR) is 66.4 cm³/mol. The van der Waals surface area contributed by atoms with E-state index in [0.29, 0.717) is 17.3 Å². The number of allylic oxidation sites excluding steroid dienone is 1. The highest BCUT2D eigenvalue weighted by Gasteiger charge is 2.53. The van der Waals surface area contributed by atoms with Gasteiger partial charge in [-0.15, -0.1) is 0 Å². The van der Waals surface area contributed by atoms with Gasteiger partial charge >= 0.3 is 5.97 Å². The first-order valence-electron chi connectivity index (χ1n) is 6.89. The van der Waals surface area contributed by atoms with Gasteiger partial charge in [0.2, 0.25) is 0 Å². The predicted octanol–water partition coefficient (Wildman–Crippen LogP) is 3.32. The minimum absolute atomic E-state index is 0.0212. The number of esters is 1. The molecule has 0 aromatic rings. The Hall–Kier alpha value is -0.790. The summed E-state index contributed by atoms with van der Waals surface area (Å²) in [7, 11) is 0. The van der Waals surface area contributed by atoms with E-state index < -0.39 is 0 Å². The van der Waals surface area contributed by atoms with Crippen molar-refractivity contribution in [3.05, 3.63) is 12.2 Å². The molecule has 3 rings (SSSR count). The molecule has 0 aromatic heterocycles. The van der Waals surface area contributed by atoms with Crippen LogP contribution in [0.5, 0.6) is 0 Å². The summed E-state index contributed by atoms with van der Waals surface area (Å²) >= 11 is 0. The zero-order valence-electron chi connectivity index (χ0n) is 10.9. The highest BCUT2D eigenvalue weighted by Crippen LogP contribution is 2.56. The first-order valence-corrected chi connectivity index (χ1v) is 6.89. The zero-order chi connectivity index (χ0) is 12.2. The van der Waals surface area contributed by atoms with Crippen molar-refractivity contribution in [1.29, 1.82) is 0 Å². The maximum Gasteiger partial charge on any atom is 0.309 e. The molecule has 0 bridgehead atoms. The third kappa shape index (κ3) is 1.56. The van der Waals surface area contributed by atoms with Crippen molar-refractivity contribution in [3.63, 3.8) is 0 Å². The summed E-state index contributed by atoms with van der Waals surface area (Å²) in [6, 6.07) is 0. The van der Waals surface area contributed by atoms with Gasteiger partial charge in [-0.2, -0.15) is 0 Å². The lowest BCUT2D eigenvalue weighted by Gasteiger charge is -2.49. The molecule has 5 atom stereocenters. The molecule has 0 aromatic carbocycles. The van der Waals surface area contributed by atoms with Crippen LogP contribution in [0.1, 0.15) is 46.0 Å². The zero-order valence-corrected chi connectivity index (χ0v) is 10.9. The molecule has 1 heterocycles. The van der Waals surface area contributed by atoms with Crippen LogP contribution in [0.4, 0.5) is 0 Å². The van der Waals surface area contributed by atoms with Crippen LogP contribution in [-0.4, -0.2) is 12.1 Å². The van der Waals surface area contributed by atoms with E-state index in [4.69, 9.17) is 4.74 Å². The molecule has 0 unspecified atom stereocenters. The summed E-state index contributed by atoms with van der Waals surface area (Å²) in [4.78, 5) is 11.7. The topological polar surface area (TPSA) is 26.3 Å². The molecule has 0 spiro atoms. The average Bonchev–Trinajstić information content (AvgIpc) is 2.52. The average molecular weight is 234 g/mol. The Kier molecular flexibility index (Phi) is 2.39. The van der Waals surface area contributed by atoms with Crippen LogP contribution >= 0.6 is 0 Å². The largest absolute Gasteiger partial charge is 0.462 e. The van der Waals surface area contributed by atoms with Crippen LogP contribution in [-0.2, 0) is 9.53 Å². The summed E-state index contributed by atoms with van der Waals surface area (Å²) in [5, 5.41) is 0. The summed E-state index contributed by atoms with van der Waals surface area (Å²) < 4.78 is 5.56. The van der Waals surface area contributed by atoms with Crippen molar-refractivity contribution in [2.75, 3.05) is 0 Å². The second kappa shape index (κ2) is 3.60. The molecular weight excluding hydrogens is 212 g/mol. The van der Waals surface area contributed by atoms with Gasteiger partial charge in [-0.25, -0.2) is 0 Å². The van der Waals surface area contributed by atoms with Gasteiger partial charge in [-0.05, 0) is 43.4 Å². The normalized spacial score (nSPS) is 49.5. The van der Waals surface area contributed by atoms with E-state index in [1.54, 1.807) is 0 Å². The van der Waals surface area contributed by atoms with Crippen LogP contribution in [0.25, 0.3) is 0 Å². The van der Waals surface area contributed by atoms with E-state index in [0.717, 1.165) is 12.8 Å². The van der Waals surface area contributed by atoms with Crippen molar-refractivity contribution in [1.82, 2.24) is 0 Å².